The summed E-state index contributed by atoms with van der Waals surface area (Å²) in [7, 11) is 1.56. The largest absolute Gasteiger partial charge is 0.495 e. The van der Waals surface area contributed by atoms with Crippen molar-refractivity contribution in [3.63, 3.8) is 0 Å². The summed E-state index contributed by atoms with van der Waals surface area (Å²) in [6.07, 6.45) is 0.880. The number of aromatic nitrogens is 1. The molecule has 1 aliphatic rings. The molecule has 2 rings (SSSR count). The van der Waals surface area contributed by atoms with Gasteiger partial charge in [-0.3, -0.25) is 4.98 Å². The number of alkyl carbamates (subject to hydrolysis) is 1. The van der Waals surface area contributed by atoms with Crippen LogP contribution in [0.25, 0.3) is 0 Å². The highest BCUT2D eigenvalue weighted by molar-refractivity contribution is 5.69. The fourth-order valence-corrected chi connectivity index (χ4v) is 1.36. The third-order valence-electron chi connectivity index (χ3n) is 2.01. The molecule has 0 bridgehead atoms. The molecular formula is C9H10N2O3. The maximum atomic E-state index is 10.8. The van der Waals surface area contributed by atoms with Gasteiger partial charge in [0.15, 0.2) is 6.10 Å². The van der Waals surface area contributed by atoms with Gasteiger partial charge in [0.25, 0.3) is 0 Å². The highest BCUT2D eigenvalue weighted by atomic mass is 16.6. The van der Waals surface area contributed by atoms with Gasteiger partial charge in [-0.1, -0.05) is 0 Å². The van der Waals surface area contributed by atoms with Gasteiger partial charge in [0, 0.05) is 6.20 Å². The van der Waals surface area contributed by atoms with Crippen LogP contribution in [-0.2, 0) is 4.74 Å². The zero-order valence-corrected chi connectivity index (χ0v) is 7.69. The van der Waals surface area contributed by atoms with Crippen LogP contribution in [0.3, 0.4) is 0 Å². The van der Waals surface area contributed by atoms with E-state index in [1.54, 1.807) is 25.4 Å². The van der Waals surface area contributed by atoms with E-state index in [9.17, 15) is 4.79 Å². The molecule has 0 aromatic carbocycles. The van der Waals surface area contributed by atoms with E-state index in [2.05, 4.69) is 10.3 Å². The Morgan fingerprint density at radius 2 is 2.57 bits per heavy atom. The molecule has 2 heterocycles. The molecule has 1 aromatic rings. The molecule has 1 saturated heterocycles. The Morgan fingerprint density at radius 3 is 3.21 bits per heavy atom. The van der Waals surface area contributed by atoms with E-state index >= 15 is 0 Å². The Hall–Kier alpha value is -1.78. The standard InChI is InChI=1S/C9H10N2O3/c1-13-6-3-2-4-10-8(6)7-5-11-9(12)14-7/h2-4,7H,5H2,1H3,(H,11,12). The van der Waals surface area contributed by atoms with Crippen LogP contribution in [-0.4, -0.2) is 24.7 Å². The number of pyridine rings is 1. The van der Waals surface area contributed by atoms with Crippen LogP contribution in [0.1, 0.15) is 11.8 Å². The summed E-state index contributed by atoms with van der Waals surface area (Å²) in [6.45, 7) is 0.437. The second kappa shape index (κ2) is 3.53. The first-order valence-electron chi connectivity index (χ1n) is 4.24. The van der Waals surface area contributed by atoms with Crippen molar-refractivity contribution in [2.45, 2.75) is 6.10 Å². The highest BCUT2D eigenvalue weighted by Gasteiger charge is 2.27. The summed E-state index contributed by atoms with van der Waals surface area (Å²) >= 11 is 0. The lowest BCUT2D eigenvalue weighted by molar-refractivity contribution is 0.137. The fourth-order valence-electron chi connectivity index (χ4n) is 1.36. The monoisotopic (exact) mass is 194 g/mol. The second-order valence-electron chi connectivity index (χ2n) is 2.87. The first kappa shape index (κ1) is 8.80. The summed E-state index contributed by atoms with van der Waals surface area (Å²) in [5.41, 5.74) is 0.647. The third kappa shape index (κ3) is 1.48. The number of hydrogen-bond acceptors (Lipinski definition) is 4. The first-order chi connectivity index (χ1) is 6.81. The van der Waals surface area contributed by atoms with Gasteiger partial charge in [-0.25, -0.2) is 4.79 Å². The normalized spacial score (nSPS) is 20.1. The molecule has 0 aliphatic carbocycles. The number of carbonyl (C=O) groups excluding carboxylic acids is 1. The van der Waals surface area contributed by atoms with Crippen molar-refractivity contribution in [1.29, 1.82) is 0 Å². The predicted molar refractivity (Wildman–Crippen MR) is 48.0 cm³/mol. The molecular weight excluding hydrogens is 184 g/mol. The average Bonchev–Trinajstić information content (AvgIpc) is 2.65. The van der Waals surface area contributed by atoms with Crippen LogP contribution in [0.5, 0.6) is 5.75 Å². The Balaban J connectivity index is 2.27. The number of nitrogens with one attached hydrogen (secondary N) is 1. The van der Waals surface area contributed by atoms with Crippen molar-refractivity contribution in [2.75, 3.05) is 13.7 Å². The summed E-state index contributed by atoms with van der Waals surface area (Å²) in [6, 6.07) is 3.56. The van der Waals surface area contributed by atoms with E-state index in [-0.39, 0.29) is 6.10 Å². The summed E-state index contributed by atoms with van der Waals surface area (Å²) in [4.78, 5) is 14.9. The lowest BCUT2D eigenvalue weighted by Gasteiger charge is -2.10. The maximum absolute atomic E-state index is 10.8. The van der Waals surface area contributed by atoms with Crippen molar-refractivity contribution >= 4 is 6.09 Å². The van der Waals surface area contributed by atoms with Gasteiger partial charge in [0.2, 0.25) is 0 Å². The Kier molecular flexibility index (Phi) is 2.22. The molecule has 1 fully saturated rings. The van der Waals surface area contributed by atoms with Crippen LogP contribution in [0.4, 0.5) is 4.79 Å². The summed E-state index contributed by atoms with van der Waals surface area (Å²) < 4.78 is 10.1. The predicted octanol–water partition coefficient (Wildman–Crippen LogP) is 0.871. The number of ether oxygens (including phenoxy) is 2. The third-order valence-corrected chi connectivity index (χ3v) is 2.01. The number of hydrogen-bond donors (Lipinski definition) is 1. The molecule has 1 amide bonds. The van der Waals surface area contributed by atoms with E-state index < -0.39 is 6.09 Å². The van der Waals surface area contributed by atoms with E-state index in [0.29, 0.717) is 18.0 Å². The molecule has 0 spiro atoms. The number of amides is 1. The van der Waals surface area contributed by atoms with E-state index in [4.69, 9.17) is 9.47 Å². The van der Waals surface area contributed by atoms with Crippen LogP contribution < -0.4 is 10.1 Å². The topological polar surface area (TPSA) is 60.5 Å². The molecule has 5 nitrogen and oxygen atoms in total. The summed E-state index contributed by atoms with van der Waals surface area (Å²) in [5, 5.41) is 2.56. The van der Waals surface area contributed by atoms with Gasteiger partial charge in [-0.15, -0.1) is 0 Å². The van der Waals surface area contributed by atoms with Crippen molar-refractivity contribution in [2.24, 2.45) is 0 Å². The zero-order valence-electron chi connectivity index (χ0n) is 7.69. The van der Waals surface area contributed by atoms with Crippen LogP contribution in [0.15, 0.2) is 18.3 Å². The lowest BCUT2D eigenvalue weighted by atomic mass is 10.2. The van der Waals surface area contributed by atoms with Crippen LogP contribution >= 0.6 is 0 Å². The fraction of sp³-hybridized carbons (Fsp3) is 0.333. The number of cyclic esters (lactones) is 1. The molecule has 1 atom stereocenters. The van der Waals surface area contributed by atoms with Crippen molar-refractivity contribution in [3.05, 3.63) is 24.0 Å². The molecule has 1 aromatic heterocycles. The molecule has 5 heteroatoms. The number of rotatable bonds is 2. The Morgan fingerprint density at radius 1 is 1.71 bits per heavy atom. The molecule has 14 heavy (non-hydrogen) atoms. The minimum atomic E-state index is -0.414. The van der Waals surface area contributed by atoms with E-state index in [1.165, 1.54) is 0 Å². The highest BCUT2D eigenvalue weighted by Crippen LogP contribution is 2.26. The van der Waals surface area contributed by atoms with Crippen LogP contribution in [0, 0.1) is 0 Å². The van der Waals surface area contributed by atoms with Crippen molar-refractivity contribution in [3.8, 4) is 5.75 Å². The van der Waals surface area contributed by atoms with E-state index in [1.807, 2.05) is 0 Å². The number of nitrogens with zero attached hydrogens (tertiary/aromatic N) is 1. The number of carbonyl (C=O) groups is 1. The van der Waals surface area contributed by atoms with E-state index in [0.717, 1.165) is 0 Å². The molecule has 0 radical (unpaired) electrons. The Labute approximate surface area is 81.0 Å². The van der Waals surface area contributed by atoms with Gasteiger partial charge < -0.3 is 14.8 Å². The van der Waals surface area contributed by atoms with Gasteiger partial charge in [-0.05, 0) is 12.1 Å². The Bertz CT molecular complexity index is 354. The van der Waals surface area contributed by atoms with Crippen molar-refractivity contribution < 1.29 is 14.3 Å². The minimum Gasteiger partial charge on any atom is -0.495 e. The molecule has 1 unspecified atom stereocenters. The summed E-state index contributed by atoms with van der Waals surface area (Å²) in [5.74, 6) is 0.633. The van der Waals surface area contributed by atoms with Gasteiger partial charge in [0.1, 0.15) is 11.4 Å². The lowest BCUT2D eigenvalue weighted by Crippen LogP contribution is -2.12. The average molecular weight is 194 g/mol. The molecule has 0 saturated carbocycles. The van der Waals surface area contributed by atoms with Gasteiger partial charge in [-0.2, -0.15) is 0 Å². The van der Waals surface area contributed by atoms with Gasteiger partial charge >= 0.3 is 6.09 Å². The van der Waals surface area contributed by atoms with Crippen molar-refractivity contribution in [1.82, 2.24) is 10.3 Å². The SMILES string of the molecule is COc1cccnc1C1CNC(=O)O1. The van der Waals surface area contributed by atoms with Crippen LogP contribution in [0.2, 0.25) is 0 Å². The minimum absolute atomic E-state index is 0.348. The number of methoxy groups -OCH3 is 1. The van der Waals surface area contributed by atoms with Gasteiger partial charge in [0.05, 0.1) is 13.7 Å². The second-order valence-corrected chi connectivity index (χ2v) is 2.87. The first-order valence-corrected chi connectivity index (χ1v) is 4.24. The quantitative estimate of drug-likeness (QED) is 0.758. The maximum Gasteiger partial charge on any atom is 0.408 e. The smallest absolute Gasteiger partial charge is 0.408 e. The molecule has 1 aliphatic heterocycles. The molecule has 1 N–H and O–H groups in total. The molecule has 74 valence electrons. The zero-order chi connectivity index (χ0) is 9.97.